The van der Waals surface area contributed by atoms with Crippen LogP contribution >= 0.6 is 12.4 Å². The van der Waals surface area contributed by atoms with Gasteiger partial charge in [-0.3, -0.25) is 4.90 Å². The maximum atomic E-state index is 5.45. The quantitative estimate of drug-likeness (QED) is 0.943. The zero-order chi connectivity index (χ0) is 13.8. The number of aromatic nitrogens is 1. The summed E-state index contributed by atoms with van der Waals surface area (Å²) in [6.07, 6.45) is 2.42. The molecule has 0 saturated carbocycles. The average molecular weight is 308 g/mol. The van der Waals surface area contributed by atoms with E-state index in [1.807, 2.05) is 37.4 Å². The Labute approximate surface area is 131 Å². The second kappa shape index (κ2) is 7.59. The Kier molecular flexibility index (Phi) is 5.79. The fourth-order valence-electron chi connectivity index (χ4n) is 2.73. The van der Waals surface area contributed by atoms with Gasteiger partial charge in [0.25, 0.3) is 0 Å². The van der Waals surface area contributed by atoms with Gasteiger partial charge in [0, 0.05) is 37.3 Å². The SMILES string of the molecule is CNC1CCN(Cc2cc(-c3ccccc3)on2)CC1.Cl. The monoisotopic (exact) mass is 307 g/mol. The van der Waals surface area contributed by atoms with Crippen LogP contribution < -0.4 is 5.32 Å². The summed E-state index contributed by atoms with van der Waals surface area (Å²) in [6, 6.07) is 12.8. The Balaban J connectivity index is 0.00000161. The van der Waals surface area contributed by atoms with E-state index in [1.54, 1.807) is 0 Å². The highest BCUT2D eigenvalue weighted by Gasteiger charge is 2.19. The first kappa shape index (κ1) is 16.0. The van der Waals surface area contributed by atoms with Crippen LogP contribution in [-0.4, -0.2) is 36.2 Å². The number of hydrogen-bond acceptors (Lipinski definition) is 4. The number of nitrogens with one attached hydrogen (secondary N) is 1. The van der Waals surface area contributed by atoms with E-state index in [0.717, 1.165) is 36.7 Å². The summed E-state index contributed by atoms with van der Waals surface area (Å²) < 4.78 is 5.45. The predicted molar refractivity (Wildman–Crippen MR) is 86.5 cm³/mol. The van der Waals surface area contributed by atoms with Gasteiger partial charge >= 0.3 is 0 Å². The Bertz CT molecular complexity index is 535. The molecule has 0 amide bonds. The summed E-state index contributed by atoms with van der Waals surface area (Å²) in [6.45, 7) is 3.13. The molecule has 1 saturated heterocycles. The van der Waals surface area contributed by atoms with Crippen LogP contribution in [-0.2, 0) is 6.54 Å². The molecule has 114 valence electrons. The second-order valence-electron chi connectivity index (χ2n) is 5.39. The maximum Gasteiger partial charge on any atom is 0.167 e. The number of hydrogen-bond donors (Lipinski definition) is 1. The minimum atomic E-state index is 0. The van der Waals surface area contributed by atoms with Crippen LogP contribution in [0.3, 0.4) is 0 Å². The van der Waals surface area contributed by atoms with Crippen LogP contribution in [0.4, 0.5) is 0 Å². The van der Waals surface area contributed by atoms with E-state index in [0.29, 0.717) is 6.04 Å². The number of nitrogens with zero attached hydrogens (tertiary/aromatic N) is 2. The maximum absolute atomic E-state index is 5.45. The topological polar surface area (TPSA) is 41.3 Å². The first-order valence-corrected chi connectivity index (χ1v) is 7.26. The molecule has 4 nitrogen and oxygen atoms in total. The molecule has 0 radical (unpaired) electrons. The van der Waals surface area contributed by atoms with Crippen molar-refractivity contribution in [2.45, 2.75) is 25.4 Å². The summed E-state index contributed by atoms with van der Waals surface area (Å²) in [5.41, 5.74) is 2.10. The summed E-state index contributed by atoms with van der Waals surface area (Å²) in [7, 11) is 2.05. The second-order valence-corrected chi connectivity index (χ2v) is 5.39. The molecule has 3 rings (SSSR count). The molecular formula is C16H22ClN3O. The van der Waals surface area contributed by atoms with E-state index in [1.165, 1.54) is 12.8 Å². The molecule has 5 heteroatoms. The van der Waals surface area contributed by atoms with E-state index in [9.17, 15) is 0 Å². The first-order chi connectivity index (χ1) is 9.85. The number of rotatable bonds is 4. The fraction of sp³-hybridized carbons (Fsp3) is 0.438. The lowest BCUT2D eigenvalue weighted by molar-refractivity contribution is 0.190. The molecule has 1 aromatic carbocycles. The van der Waals surface area contributed by atoms with E-state index >= 15 is 0 Å². The van der Waals surface area contributed by atoms with Crippen LogP contribution in [0.2, 0.25) is 0 Å². The molecule has 0 aliphatic carbocycles. The number of piperidine rings is 1. The van der Waals surface area contributed by atoms with Gasteiger partial charge in [0.05, 0.1) is 5.69 Å². The molecule has 2 heterocycles. The summed E-state index contributed by atoms with van der Waals surface area (Å²) in [5, 5.41) is 7.55. The van der Waals surface area contributed by atoms with Crippen LogP contribution in [0.15, 0.2) is 40.9 Å². The van der Waals surface area contributed by atoms with Gasteiger partial charge in [-0.1, -0.05) is 35.5 Å². The Morgan fingerprint density at radius 2 is 1.95 bits per heavy atom. The zero-order valence-electron chi connectivity index (χ0n) is 12.3. The van der Waals surface area contributed by atoms with Gasteiger partial charge in [-0.15, -0.1) is 12.4 Å². The highest BCUT2D eigenvalue weighted by atomic mass is 35.5. The summed E-state index contributed by atoms with van der Waals surface area (Å²) in [4.78, 5) is 2.44. The molecule has 1 N–H and O–H groups in total. The zero-order valence-corrected chi connectivity index (χ0v) is 13.1. The number of likely N-dealkylation sites (tertiary alicyclic amines) is 1. The van der Waals surface area contributed by atoms with Crippen molar-refractivity contribution < 1.29 is 4.52 Å². The van der Waals surface area contributed by atoms with Crippen molar-refractivity contribution in [3.63, 3.8) is 0 Å². The normalized spacial score (nSPS) is 16.6. The van der Waals surface area contributed by atoms with Crippen LogP contribution in [0.25, 0.3) is 11.3 Å². The Morgan fingerprint density at radius 1 is 1.24 bits per heavy atom. The molecule has 1 aliphatic rings. The van der Waals surface area contributed by atoms with Crippen molar-refractivity contribution in [3.05, 3.63) is 42.1 Å². The minimum Gasteiger partial charge on any atom is -0.356 e. The highest BCUT2D eigenvalue weighted by Crippen LogP contribution is 2.21. The third-order valence-electron chi connectivity index (χ3n) is 4.00. The standard InChI is InChI=1S/C16H21N3O.ClH/c1-17-14-7-9-19(10-8-14)12-15-11-16(20-18-15)13-5-3-2-4-6-13;/h2-6,11,14,17H,7-10,12H2,1H3;1H. The van der Waals surface area contributed by atoms with Gasteiger partial charge in [-0.05, 0) is 19.9 Å². The summed E-state index contributed by atoms with van der Waals surface area (Å²) in [5.74, 6) is 0.853. The smallest absolute Gasteiger partial charge is 0.167 e. The Morgan fingerprint density at radius 3 is 2.62 bits per heavy atom. The lowest BCUT2D eigenvalue weighted by Crippen LogP contribution is -2.40. The number of benzene rings is 1. The van der Waals surface area contributed by atoms with E-state index in [2.05, 4.69) is 21.4 Å². The van der Waals surface area contributed by atoms with Crippen LogP contribution in [0.5, 0.6) is 0 Å². The van der Waals surface area contributed by atoms with Crippen molar-refractivity contribution in [1.29, 1.82) is 0 Å². The highest BCUT2D eigenvalue weighted by molar-refractivity contribution is 5.85. The minimum absolute atomic E-state index is 0. The van der Waals surface area contributed by atoms with Crippen LogP contribution in [0.1, 0.15) is 18.5 Å². The van der Waals surface area contributed by atoms with Crippen LogP contribution in [0, 0.1) is 0 Å². The van der Waals surface area contributed by atoms with E-state index in [-0.39, 0.29) is 12.4 Å². The van der Waals surface area contributed by atoms with Gasteiger partial charge < -0.3 is 9.84 Å². The number of halogens is 1. The fourth-order valence-corrected chi connectivity index (χ4v) is 2.73. The molecule has 1 aromatic heterocycles. The lowest BCUT2D eigenvalue weighted by Gasteiger charge is -2.30. The molecule has 1 aliphatic heterocycles. The largest absolute Gasteiger partial charge is 0.356 e. The van der Waals surface area contributed by atoms with Gasteiger partial charge in [0.2, 0.25) is 0 Å². The lowest BCUT2D eigenvalue weighted by atomic mass is 10.1. The molecule has 1 fully saturated rings. The predicted octanol–water partition coefficient (Wildman–Crippen LogP) is 2.95. The molecule has 0 atom stereocenters. The average Bonchev–Trinajstić information content (AvgIpc) is 2.97. The van der Waals surface area contributed by atoms with Crippen molar-refractivity contribution in [1.82, 2.24) is 15.4 Å². The Hall–Kier alpha value is -1.36. The van der Waals surface area contributed by atoms with Gasteiger partial charge in [0.15, 0.2) is 5.76 Å². The van der Waals surface area contributed by atoms with E-state index in [4.69, 9.17) is 4.52 Å². The van der Waals surface area contributed by atoms with Gasteiger partial charge in [0.1, 0.15) is 0 Å². The van der Waals surface area contributed by atoms with Crippen molar-refractivity contribution >= 4 is 12.4 Å². The molecule has 0 unspecified atom stereocenters. The molecule has 0 spiro atoms. The third kappa shape index (κ3) is 4.06. The van der Waals surface area contributed by atoms with Gasteiger partial charge in [-0.2, -0.15) is 0 Å². The molecule has 0 bridgehead atoms. The van der Waals surface area contributed by atoms with Crippen molar-refractivity contribution in [2.75, 3.05) is 20.1 Å². The molecule has 2 aromatic rings. The first-order valence-electron chi connectivity index (χ1n) is 7.26. The van der Waals surface area contributed by atoms with Gasteiger partial charge in [-0.25, -0.2) is 0 Å². The van der Waals surface area contributed by atoms with Crippen molar-refractivity contribution in [2.24, 2.45) is 0 Å². The van der Waals surface area contributed by atoms with E-state index < -0.39 is 0 Å². The summed E-state index contributed by atoms with van der Waals surface area (Å²) >= 11 is 0. The third-order valence-corrected chi connectivity index (χ3v) is 4.00. The molecule has 21 heavy (non-hydrogen) atoms. The molecular weight excluding hydrogens is 286 g/mol. The van der Waals surface area contributed by atoms with Crippen molar-refractivity contribution in [3.8, 4) is 11.3 Å².